The lowest BCUT2D eigenvalue weighted by atomic mass is 10.0. The molecule has 0 aliphatic carbocycles. The third kappa shape index (κ3) is 54.4. The number of rotatable bonds is 54. The molecule has 0 aromatic carbocycles. The van der Waals surface area contributed by atoms with Crippen molar-refractivity contribution in [3.8, 4) is 0 Å². The number of carbonyl (C=O) groups is 3. The first-order valence-corrected chi connectivity index (χ1v) is 29.5. The average Bonchev–Trinajstić information content (AvgIpc) is 3.33. The highest BCUT2D eigenvalue weighted by atomic mass is 16.6. The van der Waals surface area contributed by atoms with E-state index in [1.54, 1.807) is 0 Å². The number of esters is 3. The zero-order chi connectivity index (χ0) is 48.6. The van der Waals surface area contributed by atoms with Crippen LogP contribution in [-0.4, -0.2) is 37.2 Å². The Hall–Kier alpha value is -2.37. The smallest absolute Gasteiger partial charge is 0.306 e. The predicted molar refractivity (Wildman–Crippen MR) is 289 cm³/mol. The van der Waals surface area contributed by atoms with Crippen molar-refractivity contribution in [2.24, 2.45) is 0 Å². The van der Waals surface area contributed by atoms with E-state index in [0.717, 1.165) is 70.6 Å². The highest BCUT2D eigenvalue weighted by molar-refractivity contribution is 5.71. The van der Waals surface area contributed by atoms with Crippen molar-refractivity contribution < 1.29 is 28.6 Å². The number of hydrogen-bond donors (Lipinski definition) is 0. The molecule has 0 rings (SSSR count). The molecule has 0 spiro atoms. The van der Waals surface area contributed by atoms with Crippen molar-refractivity contribution in [3.63, 3.8) is 0 Å². The van der Waals surface area contributed by atoms with E-state index in [9.17, 15) is 14.4 Å². The molecular weight excluding hydrogens is 829 g/mol. The van der Waals surface area contributed by atoms with Gasteiger partial charge in [-0.15, -0.1) is 0 Å². The van der Waals surface area contributed by atoms with Crippen molar-refractivity contribution in [1.29, 1.82) is 0 Å². The summed E-state index contributed by atoms with van der Waals surface area (Å²) in [6.45, 7) is 6.64. The minimum Gasteiger partial charge on any atom is -0.462 e. The van der Waals surface area contributed by atoms with Gasteiger partial charge in [0.1, 0.15) is 13.2 Å². The molecule has 67 heavy (non-hydrogen) atoms. The van der Waals surface area contributed by atoms with Gasteiger partial charge in [-0.05, 0) is 77.0 Å². The molecule has 0 bridgehead atoms. The van der Waals surface area contributed by atoms with Crippen LogP contribution < -0.4 is 0 Å². The molecular formula is C61H112O6. The fourth-order valence-electron chi connectivity index (χ4n) is 8.65. The second kappa shape index (κ2) is 56.2. The average molecular weight is 942 g/mol. The fraction of sp³-hybridized carbons (Fsp3) is 0.852. The lowest BCUT2D eigenvalue weighted by Gasteiger charge is -2.18. The molecule has 392 valence electrons. The van der Waals surface area contributed by atoms with Crippen LogP contribution in [0.15, 0.2) is 36.5 Å². The summed E-state index contributed by atoms with van der Waals surface area (Å²) in [6.07, 6.45) is 67.0. The molecule has 6 heteroatoms. The van der Waals surface area contributed by atoms with Crippen LogP contribution in [0.3, 0.4) is 0 Å². The first-order valence-electron chi connectivity index (χ1n) is 29.5. The van der Waals surface area contributed by atoms with Gasteiger partial charge in [-0.1, -0.05) is 256 Å². The molecule has 0 saturated heterocycles. The van der Waals surface area contributed by atoms with Crippen LogP contribution in [0, 0.1) is 0 Å². The largest absolute Gasteiger partial charge is 0.462 e. The van der Waals surface area contributed by atoms with E-state index in [-0.39, 0.29) is 31.1 Å². The van der Waals surface area contributed by atoms with Gasteiger partial charge in [-0.2, -0.15) is 0 Å². The maximum absolute atomic E-state index is 12.9. The van der Waals surface area contributed by atoms with Gasteiger partial charge < -0.3 is 14.2 Å². The Labute approximate surface area is 416 Å². The second-order valence-electron chi connectivity index (χ2n) is 19.9. The van der Waals surface area contributed by atoms with Crippen LogP contribution in [-0.2, 0) is 28.6 Å². The highest BCUT2D eigenvalue weighted by Crippen LogP contribution is 2.16. The predicted octanol–water partition coefficient (Wildman–Crippen LogP) is 19.7. The van der Waals surface area contributed by atoms with Gasteiger partial charge in [0.25, 0.3) is 0 Å². The third-order valence-corrected chi connectivity index (χ3v) is 13.1. The Balaban J connectivity index is 4.36. The lowest BCUT2D eigenvalue weighted by Crippen LogP contribution is -2.30. The van der Waals surface area contributed by atoms with Gasteiger partial charge in [-0.3, -0.25) is 14.4 Å². The molecule has 0 unspecified atom stereocenters. The second-order valence-corrected chi connectivity index (χ2v) is 19.9. The quantitative estimate of drug-likeness (QED) is 0.0262. The summed E-state index contributed by atoms with van der Waals surface area (Å²) in [6, 6.07) is 0. The Bertz CT molecular complexity index is 1130. The molecule has 6 nitrogen and oxygen atoms in total. The SMILES string of the molecule is CCCCC/C=C\C/C=C\CCCCCCCCCC(=O)OC[C@H](COC(=O)CCCCCCCCCCCCCCCCC)OC(=O)CCCCCCCCC/C=C\CCCCCCCC. The minimum absolute atomic E-state index is 0.0726. The summed E-state index contributed by atoms with van der Waals surface area (Å²) in [7, 11) is 0. The molecule has 0 amide bonds. The van der Waals surface area contributed by atoms with E-state index in [0.29, 0.717) is 19.3 Å². The topological polar surface area (TPSA) is 78.9 Å². The van der Waals surface area contributed by atoms with Crippen molar-refractivity contribution >= 4 is 17.9 Å². The van der Waals surface area contributed by atoms with E-state index in [2.05, 4.69) is 57.2 Å². The van der Waals surface area contributed by atoms with E-state index in [4.69, 9.17) is 14.2 Å². The number of allylic oxidation sites excluding steroid dienone is 6. The molecule has 0 aliphatic heterocycles. The molecule has 0 heterocycles. The van der Waals surface area contributed by atoms with E-state index in [1.165, 1.54) is 205 Å². The number of unbranched alkanes of at least 4 members (excludes halogenated alkanes) is 37. The summed E-state index contributed by atoms with van der Waals surface area (Å²) in [4.78, 5) is 38.2. The first-order chi connectivity index (χ1) is 33.0. The van der Waals surface area contributed by atoms with Crippen molar-refractivity contribution in [3.05, 3.63) is 36.5 Å². The fourth-order valence-corrected chi connectivity index (χ4v) is 8.65. The van der Waals surface area contributed by atoms with Crippen LogP contribution >= 0.6 is 0 Å². The molecule has 0 N–H and O–H groups in total. The van der Waals surface area contributed by atoms with E-state index < -0.39 is 6.10 Å². The van der Waals surface area contributed by atoms with E-state index in [1.807, 2.05) is 0 Å². The Kier molecular flexibility index (Phi) is 54.2. The van der Waals surface area contributed by atoms with Crippen LogP contribution in [0.2, 0.25) is 0 Å². The van der Waals surface area contributed by atoms with E-state index >= 15 is 0 Å². The molecule has 0 aromatic heterocycles. The van der Waals surface area contributed by atoms with Crippen LogP contribution in [0.1, 0.15) is 316 Å². The summed E-state index contributed by atoms with van der Waals surface area (Å²) >= 11 is 0. The van der Waals surface area contributed by atoms with Gasteiger partial charge in [0.2, 0.25) is 0 Å². The van der Waals surface area contributed by atoms with Gasteiger partial charge in [-0.25, -0.2) is 0 Å². The standard InChI is InChI=1S/C61H112O6/c1-4-7-10-13-16-19-22-25-28-30-33-36-39-42-45-48-51-54-60(63)66-57-58(56-65-59(62)53-50-47-44-41-38-35-32-27-24-21-18-15-12-9-6-3)67-61(64)55-52-49-46-43-40-37-34-31-29-26-23-20-17-14-11-8-5-2/h16,19,25-26,28-29,58H,4-15,17-18,20-24,27,30-57H2,1-3H3/b19-16-,28-25-,29-26-/t58-/m0/s1. The monoisotopic (exact) mass is 941 g/mol. The van der Waals surface area contributed by atoms with Crippen LogP contribution in [0.25, 0.3) is 0 Å². The van der Waals surface area contributed by atoms with Crippen LogP contribution in [0.4, 0.5) is 0 Å². The maximum atomic E-state index is 12.9. The number of ether oxygens (including phenoxy) is 3. The summed E-state index contributed by atoms with van der Waals surface area (Å²) < 4.78 is 16.9. The van der Waals surface area contributed by atoms with Gasteiger partial charge in [0.05, 0.1) is 0 Å². The zero-order valence-electron chi connectivity index (χ0n) is 44.9. The Morgan fingerprint density at radius 1 is 0.299 bits per heavy atom. The number of carbonyl (C=O) groups excluding carboxylic acids is 3. The normalized spacial score (nSPS) is 12.2. The van der Waals surface area contributed by atoms with Crippen molar-refractivity contribution in [1.82, 2.24) is 0 Å². The molecule has 0 aliphatic rings. The van der Waals surface area contributed by atoms with Gasteiger partial charge >= 0.3 is 17.9 Å². The molecule has 1 atom stereocenters. The van der Waals surface area contributed by atoms with Crippen molar-refractivity contribution in [2.75, 3.05) is 13.2 Å². The molecule has 0 radical (unpaired) electrons. The molecule has 0 saturated carbocycles. The minimum atomic E-state index is -0.775. The highest BCUT2D eigenvalue weighted by Gasteiger charge is 2.19. The zero-order valence-corrected chi connectivity index (χ0v) is 44.9. The first kappa shape index (κ1) is 64.6. The van der Waals surface area contributed by atoms with Gasteiger partial charge in [0.15, 0.2) is 6.10 Å². The summed E-state index contributed by atoms with van der Waals surface area (Å²) in [5, 5.41) is 0. The summed E-state index contributed by atoms with van der Waals surface area (Å²) in [5.41, 5.74) is 0. The Morgan fingerprint density at radius 3 is 0.866 bits per heavy atom. The molecule has 0 fully saturated rings. The third-order valence-electron chi connectivity index (χ3n) is 13.1. The Morgan fingerprint density at radius 2 is 0.537 bits per heavy atom. The van der Waals surface area contributed by atoms with Crippen LogP contribution in [0.5, 0.6) is 0 Å². The van der Waals surface area contributed by atoms with Gasteiger partial charge in [0, 0.05) is 19.3 Å². The lowest BCUT2D eigenvalue weighted by molar-refractivity contribution is -0.167. The summed E-state index contributed by atoms with van der Waals surface area (Å²) in [5.74, 6) is -0.866. The molecule has 0 aromatic rings. The number of hydrogen-bond acceptors (Lipinski definition) is 6. The van der Waals surface area contributed by atoms with Crippen molar-refractivity contribution in [2.45, 2.75) is 322 Å². The maximum Gasteiger partial charge on any atom is 0.306 e.